The number of benzene rings is 1. The van der Waals surface area contributed by atoms with E-state index >= 15 is 0 Å². The van der Waals surface area contributed by atoms with Crippen LogP contribution in [0.15, 0.2) is 42.6 Å². The first-order valence-corrected chi connectivity index (χ1v) is 13.3. The third-order valence-electron chi connectivity index (χ3n) is 7.59. The Labute approximate surface area is 224 Å². The Morgan fingerprint density at radius 2 is 1.82 bits per heavy atom. The normalized spacial score (nSPS) is 21.9. The molecule has 2 amide bonds. The standard InChI is InChI=1S/C27H33F3N8O/c1-26(36-25(39)33-20-8-4-7-18(15-20)27(28,29)30)12-9-19(10-13-26)32-24-31-14-11-22(35-24)34-23-16-21(37-38-23)17-5-2-3-6-17/h4,7-8,11,14-17,19H,2-3,5-6,9-10,12-13H2,1H3,(H2,33,36,39)(H3,31,32,34,35,37,38). The van der Waals surface area contributed by atoms with Gasteiger partial charge in [-0.15, -0.1) is 0 Å². The van der Waals surface area contributed by atoms with Crippen molar-refractivity contribution in [1.82, 2.24) is 25.5 Å². The Morgan fingerprint density at radius 3 is 2.56 bits per heavy atom. The Kier molecular flexibility index (Phi) is 7.62. The molecule has 5 rings (SSSR count). The van der Waals surface area contributed by atoms with E-state index in [0.717, 1.165) is 36.5 Å². The van der Waals surface area contributed by atoms with Gasteiger partial charge in [0.25, 0.3) is 0 Å². The number of halogens is 3. The van der Waals surface area contributed by atoms with Gasteiger partial charge in [-0.25, -0.2) is 9.78 Å². The smallest absolute Gasteiger partial charge is 0.351 e. The van der Waals surface area contributed by atoms with E-state index < -0.39 is 23.3 Å². The summed E-state index contributed by atoms with van der Waals surface area (Å²) < 4.78 is 38.9. The summed E-state index contributed by atoms with van der Waals surface area (Å²) >= 11 is 0. The minimum absolute atomic E-state index is 0.0940. The molecule has 2 aliphatic carbocycles. The highest BCUT2D eigenvalue weighted by molar-refractivity contribution is 5.89. The van der Waals surface area contributed by atoms with Crippen molar-refractivity contribution in [3.05, 3.63) is 53.9 Å². The number of urea groups is 1. The molecule has 3 aromatic rings. The molecule has 0 atom stereocenters. The molecule has 2 fully saturated rings. The van der Waals surface area contributed by atoms with Gasteiger partial charge in [0.2, 0.25) is 5.95 Å². The van der Waals surface area contributed by atoms with Crippen LogP contribution < -0.4 is 21.3 Å². The number of anilines is 4. The summed E-state index contributed by atoms with van der Waals surface area (Å²) in [6, 6.07) is 8.03. The number of amides is 2. The lowest BCUT2D eigenvalue weighted by Crippen LogP contribution is -2.51. The quantitative estimate of drug-likeness (QED) is 0.231. The van der Waals surface area contributed by atoms with E-state index in [9.17, 15) is 18.0 Å². The number of aromatic nitrogens is 4. The molecule has 0 saturated heterocycles. The summed E-state index contributed by atoms with van der Waals surface area (Å²) in [5, 5.41) is 19.6. The lowest BCUT2D eigenvalue weighted by molar-refractivity contribution is -0.137. The zero-order chi connectivity index (χ0) is 27.5. The number of aromatic amines is 1. The van der Waals surface area contributed by atoms with E-state index in [4.69, 9.17) is 0 Å². The van der Waals surface area contributed by atoms with Crippen LogP contribution >= 0.6 is 0 Å². The Morgan fingerprint density at radius 1 is 1.05 bits per heavy atom. The first kappa shape index (κ1) is 26.8. The van der Waals surface area contributed by atoms with E-state index in [1.165, 1.54) is 37.8 Å². The average Bonchev–Trinajstić information content (AvgIpc) is 3.58. The van der Waals surface area contributed by atoms with Gasteiger partial charge in [-0.1, -0.05) is 18.9 Å². The van der Waals surface area contributed by atoms with Crippen LogP contribution in [-0.4, -0.2) is 37.8 Å². The van der Waals surface area contributed by atoms with Crippen LogP contribution in [0.2, 0.25) is 0 Å². The Hall–Kier alpha value is -3.83. The second-order valence-corrected chi connectivity index (χ2v) is 10.7. The van der Waals surface area contributed by atoms with E-state index in [0.29, 0.717) is 30.5 Å². The molecule has 0 radical (unpaired) electrons. The maximum absolute atomic E-state index is 13.0. The number of alkyl halides is 3. The van der Waals surface area contributed by atoms with Gasteiger partial charge in [0.1, 0.15) is 5.82 Å². The molecule has 1 aromatic carbocycles. The van der Waals surface area contributed by atoms with Crippen LogP contribution in [0.25, 0.3) is 0 Å². The van der Waals surface area contributed by atoms with Crippen molar-refractivity contribution in [3.8, 4) is 0 Å². The third-order valence-corrected chi connectivity index (χ3v) is 7.59. The molecule has 0 aliphatic heterocycles. The maximum atomic E-state index is 13.0. The van der Waals surface area contributed by atoms with E-state index in [1.807, 2.05) is 13.0 Å². The van der Waals surface area contributed by atoms with Crippen LogP contribution in [0.4, 0.5) is 41.2 Å². The predicted molar refractivity (Wildman–Crippen MR) is 143 cm³/mol. The number of hydrogen-bond donors (Lipinski definition) is 5. The van der Waals surface area contributed by atoms with Crippen LogP contribution in [0, 0.1) is 0 Å². The fourth-order valence-electron chi connectivity index (χ4n) is 5.39. The predicted octanol–water partition coefficient (Wildman–Crippen LogP) is 6.55. The molecule has 12 heteroatoms. The molecule has 9 nitrogen and oxygen atoms in total. The highest BCUT2D eigenvalue weighted by Gasteiger charge is 2.33. The number of nitrogens with zero attached hydrogens (tertiary/aromatic N) is 3. The van der Waals surface area contributed by atoms with Crippen molar-refractivity contribution in [2.45, 2.75) is 82.0 Å². The monoisotopic (exact) mass is 542 g/mol. The first-order valence-electron chi connectivity index (χ1n) is 13.3. The first-order chi connectivity index (χ1) is 18.6. The molecule has 39 heavy (non-hydrogen) atoms. The molecular weight excluding hydrogens is 509 g/mol. The third kappa shape index (κ3) is 6.98. The number of carbonyl (C=O) groups excluding carboxylic acids is 1. The summed E-state index contributed by atoms with van der Waals surface area (Å²) in [5.74, 6) is 2.43. The summed E-state index contributed by atoms with van der Waals surface area (Å²) in [5.41, 5.74) is -0.0374. The van der Waals surface area contributed by atoms with Crippen LogP contribution in [-0.2, 0) is 6.18 Å². The Balaban J connectivity index is 1.11. The zero-order valence-electron chi connectivity index (χ0n) is 21.7. The average molecular weight is 543 g/mol. The molecule has 5 N–H and O–H groups in total. The highest BCUT2D eigenvalue weighted by Crippen LogP contribution is 2.34. The van der Waals surface area contributed by atoms with Crippen molar-refractivity contribution in [1.29, 1.82) is 0 Å². The van der Waals surface area contributed by atoms with Crippen LogP contribution in [0.1, 0.15) is 75.5 Å². The van der Waals surface area contributed by atoms with Gasteiger partial charge >= 0.3 is 12.2 Å². The van der Waals surface area contributed by atoms with Crippen LogP contribution in [0.5, 0.6) is 0 Å². The Bertz CT molecular complexity index is 1280. The van der Waals surface area contributed by atoms with Gasteiger partial charge in [-0.05, 0) is 69.7 Å². The van der Waals surface area contributed by atoms with E-state index in [1.54, 1.807) is 12.3 Å². The largest absolute Gasteiger partial charge is 0.416 e. The topological polar surface area (TPSA) is 120 Å². The SMILES string of the molecule is CC1(NC(=O)Nc2cccc(C(F)(F)F)c2)CCC(Nc2nccc(Nc3cc(C4CCCC4)[nH]n3)n2)CC1. The summed E-state index contributed by atoms with van der Waals surface area (Å²) in [6.07, 6.45) is 5.05. The van der Waals surface area contributed by atoms with Crippen molar-refractivity contribution >= 4 is 29.3 Å². The number of rotatable bonds is 7. The van der Waals surface area contributed by atoms with Crippen molar-refractivity contribution in [2.75, 3.05) is 16.0 Å². The van der Waals surface area contributed by atoms with Gasteiger partial charge in [0.05, 0.1) is 5.56 Å². The molecule has 0 unspecified atom stereocenters. The van der Waals surface area contributed by atoms with Crippen LogP contribution in [0.3, 0.4) is 0 Å². The minimum Gasteiger partial charge on any atom is -0.351 e. The molecular formula is C27H33F3N8O. The number of H-pyrrole nitrogens is 1. The minimum atomic E-state index is -4.47. The lowest BCUT2D eigenvalue weighted by Gasteiger charge is -2.38. The molecule has 2 heterocycles. The molecule has 0 bridgehead atoms. The fraction of sp³-hybridized carbons (Fsp3) is 0.481. The van der Waals surface area contributed by atoms with Gasteiger partial charge < -0.3 is 21.3 Å². The van der Waals surface area contributed by atoms with Crippen molar-refractivity contribution in [3.63, 3.8) is 0 Å². The molecule has 2 aliphatic rings. The highest BCUT2D eigenvalue weighted by atomic mass is 19.4. The number of hydrogen-bond acceptors (Lipinski definition) is 6. The second-order valence-electron chi connectivity index (χ2n) is 10.7. The van der Waals surface area contributed by atoms with Gasteiger partial charge in [0, 0.05) is 41.1 Å². The van der Waals surface area contributed by atoms with Gasteiger partial charge in [0.15, 0.2) is 5.82 Å². The van der Waals surface area contributed by atoms with Crippen molar-refractivity contribution in [2.24, 2.45) is 0 Å². The lowest BCUT2D eigenvalue weighted by atomic mass is 9.81. The zero-order valence-corrected chi connectivity index (χ0v) is 21.7. The summed E-state index contributed by atoms with van der Waals surface area (Å²) in [6.45, 7) is 1.94. The van der Waals surface area contributed by atoms with E-state index in [2.05, 4.69) is 41.4 Å². The molecule has 208 valence electrons. The molecule has 0 spiro atoms. The van der Waals surface area contributed by atoms with E-state index in [-0.39, 0.29) is 11.7 Å². The summed E-state index contributed by atoms with van der Waals surface area (Å²) in [4.78, 5) is 21.5. The second kappa shape index (κ2) is 11.1. The van der Waals surface area contributed by atoms with Gasteiger partial charge in [-0.2, -0.15) is 23.3 Å². The van der Waals surface area contributed by atoms with Crippen molar-refractivity contribution < 1.29 is 18.0 Å². The summed E-state index contributed by atoms with van der Waals surface area (Å²) in [7, 11) is 0. The van der Waals surface area contributed by atoms with Gasteiger partial charge in [-0.3, -0.25) is 5.10 Å². The maximum Gasteiger partial charge on any atom is 0.416 e. The fourth-order valence-corrected chi connectivity index (χ4v) is 5.39. The molecule has 2 saturated carbocycles. The molecule has 2 aromatic heterocycles. The number of carbonyl (C=O) groups is 1. The number of nitrogens with one attached hydrogen (secondary N) is 5.